The fourth-order valence-electron chi connectivity index (χ4n) is 3.22. The molecule has 2 aromatic rings. The van der Waals surface area contributed by atoms with E-state index in [2.05, 4.69) is 31.0 Å². The molecule has 0 radical (unpaired) electrons. The fraction of sp³-hybridized carbons (Fsp3) is 0.579. The summed E-state index contributed by atoms with van der Waals surface area (Å²) in [7, 11) is -2.01. The van der Waals surface area contributed by atoms with Crippen LogP contribution in [0.4, 0.5) is 0 Å². The minimum atomic E-state index is -3.56. The number of piperidine rings is 1. The van der Waals surface area contributed by atoms with Crippen molar-refractivity contribution in [2.75, 3.05) is 20.2 Å². The maximum absolute atomic E-state index is 13.0. The first-order chi connectivity index (χ1) is 12.7. The van der Waals surface area contributed by atoms with Gasteiger partial charge in [-0.3, -0.25) is 0 Å². The number of hydrogen-bond acceptors (Lipinski definition) is 6. The highest BCUT2D eigenvalue weighted by Crippen LogP contribution is 2.31. The quantitative estimate of drug-likeness (QED) is 0.775. The number of aromatic nitrogens is 2. The van der Waals surface area contributed by atoms with Crippen LogP contribution >= 0.6 is 0 Å². The topological polar surface area (TPSA) is 85.5 Å². The number of hydrogen-bond donors (Lipinski definition) is 0. The lowest BCUT2D eigenvalue weighted by Gasteiger charge is -2.30. The predicted molar refractivity (Wildman–Crippen MR) is 101 cm³/mol. The van der Waals surface area contributed by atoms with Gasteiger partial charge in [0.15, 0.2) is 0 Å². The van der Waals surface area contributed by atoms with E-state index in [9.17, 15) is 8.42 Å². The number of rotatable bonds is 5. The lowest BCUT2D eigenvalue weighted by molar-refractivity contribution is 0.274. The van der Waals surface area contributed by atoms with Crippen LogP contribution in [0.25, 0.3) is 0 Å². The van der Waals surface area contributed by atoms with Crippen LogP contribution in [0.2, 0.25) is 0 Å². The Bertz CT molecular complexity index is 869. The highest BCUT2D eigenvalue weighted by Gasteiger charge is 2.33. The molecule has 2 heterocycles. The van der Waals surface area contributed by atoms with Crippen LogP contribution in [-0.2, 0) is 16.4 Å². The normalized spacial score (nSPS) is 19.2. The summed E-state index contributed by atoms with van der Waals surface area (Å²) in [6.07, 6.45) is 2.30. The van der Waals surface area contributed by atoms with Gasteiger partial charge in [-0.2, -0.15) is 4.31 Å². The van der Waals surface area contributed by atoms with E-state index < -0.39 is 10.0 Å². The molecule has 1 aromatic carbocycles. The second-order valence-corrected chi connectivity index (χ2v) is 10.1. The molecule has 0 N–H and O–H groups in total. The van der Waals surface area contributed by atoms with Crippen LogP contribution in [0, 0.1) is 5.41 Å². The van der Waals surface area contributed by atoms with Gasteiger partial charge in [0.25, 0.3) is 0 Å². The van der Waals surface area contributed by atoms with Gasteiger partial charge in [-0.05, 0) is 42.5 Å². The van der Waals surface area contributed by atoms with Gasteiger partial charge in [-0.25, -0.2) is 8.42 Å². The number of methoxy groups -OCH3 is 1. The van der Waals surface area contributed by atoms with Crippen molar-refractivity contribution in [1.29, 1.82) is 0 Å². The zero-order valence-corrected chi connectivity index (χ0v) is 17.1. The van der Waals surface area contributed by atoms with Crippen LogP contribution in [0.3, 0.4) is 0 Å². The zero-order valence-electron chi connectivity index (χ0n) is 16.3. The first-order valence-corrected chi connectivity index (χ1v) is 10.6. The summed E-state index contributed by atoms with van der Waals surface area (Å²) in [5.41, 5.74) is 0.0557. The molecule has 7 nitrogen and oxygen atoms in total. The Morgan fingerprint density at radius 2 is 1.93 bits per heavy atom. The van der Waals surface area contributed by atoms with Gasteiger partial charge in [0.05, 0.1) is 17.9 Å². The largest absolute Gasteiger partial charge is 0.497 e. The van der Waals surface area contributed by atoms with Gasteiger partial charge >= 0.3 is 0 Å². The van der Waals surface area contributed by atoms with Gasteiger partial charge in [-0.15, -0.1) is 10.2 Å². The molecule has 1 saturated heterocycles. The van der Waals surface area contributed by atoms with Gasteiger partial charge in [0.2, 0.25) is 21.8 Å². The Morgan fingerprint density at radius 1 is 1.22 bits per heavy atom. The highest BCUT2D eigenvalue weighted by atomic mass is 32.2. The van der Waals surface area contributed by atoms with Crippen LogP contribution in [0.5, 0.6) is 5.75 Å². The Hall–Kier alpha value is -1.93. The summed E-state index contributed by atoms with van der Waals surface area (Å²) >= 11 is 0. The molecular formula is C19H27N3O4S. The van der Waals surface area contributed by atoms with Crippen molar-refractivity contribution in [1.82, 2.24) is 14.5 Å². The summed E-state index contributed by atoms with van der Waals surface area (Å²) in [5.74, 6) is 1.69. The summed E-state index contributed by atoms with van der Waals surface area (Å²) in [6, 6.07) is 6.47. The van der Waals surface area contributed by atoms with Crippen LogP contribution in [0.15, 0.2) is 33.6 Å². The van der Waals surface area contributed by atoms with Crippen molar-refractivity contribution >= 4 is 10.0 Å². The minimum absolute atomic E-state index is 0.0557. The molecule has 1 aliphatic heterocycles. The van der Waals surface area contributed by atoms with E-state index >= 15 is 0 Å². The third-order valence-electron chi connectivity index (χ3n) is 4.59. The van der Waals surface area contributed by atoms with Gasteiger partial charge in [0, 0.05) is 19.5 Å². The molecule has 0 bridgehead atoms. The van der Waals surface area contributed by atoms with E-state index in [1.807, 2.05) is 0 Å². The van der Waals surface area contributed by atoms with E-state index in [-0.39, 0.29) is 16.2 Å². The summed E-state index contributed by atoms with van der Waals surface area (Å²) in [6.45, 7) is 7.18. The van der Waals surface area contributed by atoms with Gasteiger partial charge in [-0.1, -0.05) is 20.8 Å². The Labute approximate surface area is 160 Å². The van der Waals surface area contributed by atoms with E-state index in [1.54, 1.807) is 31.4 Å². The molecule has 1 fully saturated rings. The SMILES string of the molecule is COc1ccc(S(=O)(=O)N2CCCC(c3nnc(CC(C)(C)C)o3)C2)cc1. The van der Waals surface area contributed by atoms with Crippen LogP contribution in [-0.4, -0.2) is 43.1 Å². The van der Waals surface area contributed by atoms with E-state index in [4.69, 9.17) is 9.15 Å². The lowest BCUT2D eigenvalue weighted by Crippen LogP contribution is -2.39. The smallest absolute Gasteiger partial charge is 0.243 e. The van der Waals surface area contributed by atoms with Gasteiger partial charge < -0.3 is 9.15 Å². The fourth-order valence-corrected chi connectivity index (χ4v) is 4.74. The standard InChI is InChI=1S/C19H27N3O4S/c1-19(2,3)12-17-20-21-18(26-17)14-6-5-11-22(13-14)27(23,24)16-9-7-15(25-4)8-10-16/h7-10,14H,5-6,11-13H2,1-4H3. The van der Waals surface area contributed by atoms with Crippen molar-refractivity contribution < 1.29 is 17.6 Å². The molecule has 1 aromatic heterocycles. The molecule has 1 unspecified atom stereocenters. The first kappa shape index (κ1) is 19.8. The molecule has 0 aliphatic carbocycles. The molecule has 148 valence electrons. The third-order valence-corrected chi connectivity index (χ3v) is 6.47. The molecule has 1 atom stereocenters. The van der Waals surface area contributed by atoms with E-state index in [0.717, 1.165) is 12.8 Å². The van der Waals surface area contributed by atoms with Crippen LogP contribution in [0.1, 0.15) is 51.3 Å². The molecule has 27 heavy (non-hydrogen) atoms. The number of sulfonamides is 1. The Kier molecular flexibility index (Phi) is 5.58. The summed E-state index contributed by atoms with van der Waals surface area (Å²) < 4.78 is 38.4. The van der Waals surface area contributed by atoms with Crippen molar-refractivity contribution in [3.63, 3.8) is 0 Å². The number of nitrogens with zero attached hydrogens (tertiary/aromatic N) is 3. The van der Waals surface area contributed by atoms with E-state index in [0.29, 0.717) is 37.0 Å². The molecule has 1 aliphatic rings. The van der Waals surface area contributed by atoms with Crippen LogP contribution < -0.4 is 4.74 Å². The molecule has 3 rings (SSSR count). The van der Waals surface area contributed by atoms with Crippen molar-refractivity contribution in [2.24, 2.45) is 5.41 Å². The Balaban J connectivity index is 1.75. The second kappa shape index (κ2) is 7.59. The van der Waals surface area contributed by atoms with Crippen molar-refractivity contribution in [2.45, 2.75) is 50.8 Å². The van der Waals surface area contributed by atoms with Gasteiger partial charge in [0.1, 0.15) is 5.75 Å². The van der Waals surface area contributed by atoms with Crippen molar-refractivity contribution in [3.05, 3.63) is 36.0 Å². The number of benzene rings is 1. The van der Waals surface area contributed by atoms with Crippen molar-refractivity contribution in [3.8, 4) is 5.75 Å². The zero-order chi connectivity index (χ0) is 19.7. The average Bonchev–Trinajstić information content (AvgIpc) is 3.08. The molecule has 0 saturated carbocycles. The summed E-state index contributed by atoms with van der Waals surface area (Å²) in [4.78, 5) is 0.267. The second-order valence-electron chi connectivity index (χ2n) is 8.15. The predicted octanol–water partition coefficient (Wildman–Crippen LogP) is 3.24. The monoisotopic (exact) mass is 393 g/mol. The molecule has 0 spiro atoms. The summed E-state index contributed by atoms with van der Waals surface area (Å²) in [5, 5.41) is 8.32. The highest BCUT2D eigenvalue weighted by molar-refractivity contribution is 7.89. The maximum Gasteiger partial charge on any atom is 0.243 e. The minimum Gasteiger partial charge on any atom is -0.497 e. The third kappa shape index (κ3) is 4.68. The molecule has 0 amide bonds. The lowest BCUT2D eigenvalue weighted by atomic mass is 9.92. The maximum atomic E-state index is 13.0. The molecule has 8 heteroatoms. The number of ether oxygens (including phenoxy) is 1. The Morgan fingerprint density at radius 3 is 2.56 bits per heavy atom. The molecular weight excluding hydrogens is 366 g/mol. The van der Waals surface area contributed by atoms with E-state index in [1.165, 1.54) is 4.31 Å². The average molecular weight is 394 g/mol. The first-order valence-electron chi connectivity index (χ1n) is 9.15.